The number of carbonyl (C=O) groups excluding carboxylic acids is 1. The molecule has 0 aliphatic rings. The van der Waals surface area contributed by atoms with Gasteiger partial charge in [-0.1, -0.05) is 18.2 Å². The first-order valence-corrected chi connectivity index (χ1v) is 6.47. The van der Waals surface area contributed by atoms with E-state index in [1.807, 2.05) is 29.2 Å². The smallest absolute Gasteiger partial charge is 0.236 e. The van der Waals surface area contributed by atoms with Crippen LogP contribution in [0.25, 0.3) is 0 Å². The zero-order valence-electron chi connectivity index (χ0n) is 11.8. The van der Waals surface area contributed by atoms with Crippen LogP contribution in [0.5, 0.6) is 5.88 Å². The van der Waals surface area contributed by atoms with Gasteiger partial charge in [-0.25, -0.2) is 4.98 Å². The number of para-hydroxylation sites is 1. The number of primary amides is 1. The number of amides is 1. The lowest BCUT2D eigenvalue weighted by Crippen LogP contribution is -2.33. The lowest BCUT2D eigenvalue weighted by molar-refractivity contribution is -0.116. The largest absolute Gasteiger partial charge is 0.481 e. The van der Waals surface area contributed by atoms with Gasteiger partial charge in [0.05, 0.1) is 13.7 Å². The van der Waals surface area contributed by atoms with Crippen molar-refractivity contribution in [2.45, 2.75) is 6.54 Å². The lowest BCUT2D eigenvalue weighted by atomic mass is 10.1. The van der Waals surface area contributed by atoms with Gasteiger partial charge in [0.25, 0.3) is 0 Å². The SMILES string of the molecule is COc1cc(N(CC(N)=O)Cc2ccccc2N)ccn1. The van der Waals surface area contributed by atoms with Crippen LogP contribution in [0.15, 0.2) is 42.6 Å². The molecule has 6 heteroatoms. The molecule has 1 aromatic heterocycles. The normalized spacial score (nSPS) is 10.1. The summed E-state index contributed by atoms with van der Waals surface area (Å²) in [6.07, 6.45) is 1.62. The van der Waals surface area contributed by atoms with E-state index in [-0.39, 0.29) is 6.54 Å². The zero-order valence-corrected chi connectivity index (χ0v) is 11.8. The molecule has 2 rings (SSSR count). The molecular weight excluding hydrogens is 268 g/mol. The maximum absolute atomic E-state index is 11.3. The fourth-order valence-corrected chi connectivity index (χ4v) is 2.02. The summed E-state index contributed by atoms with van der Waals surface area (Å²) in [6, 6.07) is 11.1. The zero-order chi connectivity index (χ0) is 15.2. The van der Waals surface area contributed by atoms with Gasteiger partial charge in [-0.3, -0.25) is 4.79 Å². The van der Waals surface area contributed by atoms with Crippen LogP contribution in [-0.2, 0) is 11.3 Å². The summed E-state index contributed by atoms with van der Waals surface area (Å²) < 4.78 is 5.11. The number of pyridine rings is 1. The van der Waals surface area contributed by atoms with Gasteiger partial charge in [0.1, 0.15) is 0 Å². The molecule has 0 saturated heterocycles. The molecule has 1 heterocycles. The van der Waals surface area contributed by atoms with Crippen molar-refractivity contribution in [1.29, 1.82) is 0 Å². The molecule has 0 radical (unpaired) electrons. The summed E-state index contributed by atoms with van der Waals surface area (Å²) in [7, 11) is 1.54. The van der Waals surface area contributed by atoms with Gasteiger partial charge in [-0.2, -0.15) is 0 Å². The molecular formula is C15H18N4O2. The van der Waals surface area contributed by atoms with Crippen molar-refractivity contribution >= 4 is 17.3 Å². The van der Waals surface area contributed by atoms with Crippen molar-refractivity contribution < 1.29 is 9.53 Å². The number of aromatic nitrogens is 1. The van der Waals surface area contributed by atoms with Gasteiger partial charge >= 0.3 is 0 Å². The molecule has 6 nitrogen and oxygen atoms in total. The molecule has 1 aromatic carbocycles. The molecule has 0 unspecified atom stereocenters. The number of nitrogens with two attached hydrogens (primary N) is 2. The fraction of sp³-hybridized carbons (Fsp3) is 0.200. The fourth-order valence-electron chi connectivity index (χ4n) is 2.02. The van der Waals surface area contributed by atoms with E-state index < -0.39 is 5.91 Å². The van der Waals surface area contributed by atoms with Crippen molar-refractivity contribution in [3.63, 3.8) is 0 Å². The third kappa shape index (κ3) is 3.85. The summed E-state index contributed by atoms with van der Waals surface area (Å²) in [5, 5.41) is 0. The molecule has 1 amide bonds. The van der Waals surface area contributed by atoms with Crippen LogP contribution in [0, 0.1) is 0 Å². The highest BCUT2D eigenvalue weighted by Gasteiger charge is 2.12. The van der Waals surface area contributed by atoms with Gasteiger partial charge in [0, 0.05) is 30.2 Å². The summed E-state index contributed by atoms with van der Waals surface area (Å²) >= 11 is 0. The number of hydrogen-bond acceptors (Lipinski definition) is 5. The van der Waals surface area contributed by atoms with Gasteiger partial charge < -0.3 is 21.1 Å². The Kier molecular flexibility index (Phi) is 4.61. The van der Waals surface area contributed by atoms with Crippen molar-refractivity contribution in [2.75, 3.05) is 24.3 Å². The monoisotopic (exact) mass is 286 g/mol. The second-order valence-corrected chi connectivity index (χ2v) is 4.58. The first-order valence-electron chi connectivity index (χ1n) is 6.47. The topological polar surface area (TPSA) is 94.5 Å². The number of rotatable bonds is 6. The molecule has 0 aliphatic carbocycles. The third-order valence-electron chi connectivity index (χ3n) is 3.06. The van der Waals surface area contributed by atoms with Crippen LogP contribution in [0.2, 0.25) is 0 Å². The highest BCUT2D eigenvalue weighted by Crippen LogP contribution is 2.22. The van der Waals surface area contributed by atoms with E-state index in [4.69, 9.17) is 16.2 Å². The summed E-state index contributed by atoms with van der Waals surface area (Å²) in [5.74, 6) is 0.0586. The first kappa shape index (κ1) is 14.6. The molecule has 110 valence electrons. The number of methoxy groups -OCH3 is 1. The van der Waals surface area contributed by atoms with E-state index in [9.17, 15) is 4.79 Å². The van der Waals surface area contributed by atoms with Crippen LogP contribution in [0.3, 0.4) is 0 Å². The standard InChI is InChI=1S/C15H18N4O2/c1-21-15-8-12(6-7-18-15)19(10-14(17)20)9-11-4-2-3-5-13(11)16/h2-8H,9-10,16H2,1H3,(H2,17,20). The Morgan fingerprint density at radius 1 is 1.33 bits per heavy atom. The molecule has 0 spiro atoms. The molecule has 0 saturated carbocycles. The molecule has 0 bridgehead atoms. The predicted octanol–water partition coefficient (Wildman–Crippen LogP) is 1.16. The highest BCUT2D eigenvalue weighted by atomic mass is 16.5. The number of carbonyl (C=O) groups is 1. The Hall–Kier alpha value is -2.76. The molecule has 2 aromatic rings. The maximum atomic E-state index is 11.3. The number of hydrogen-bond donors (Lipinski definition) is 2. The van der Waals surface area contributed by atoms with E-state index in [1.165, 1.54) is 0 Å². The Morgan fingerprint density at radius 3 is 2.76 bits per heavy atom. The lowest BCUT2D eigenvalue weighted by Gasteiger charge is -2.24. The van der Waals surface area contributed by atoms with Gasteiger partial charge in [0.15, 0.2) is 0 Å². The van der Waals surface area contributed by atoms with Crippen LogP contribution >= 0.6 is 0 Å². The van der Waals surface area contributed by atoms with Crippen molar-refractivity contribution in [3.8, 4) is 5.88 Å². The molecule has 0 atom stereocenters. The minimum atomic E-state index is -0.416. The van der Waals surface area contributed by atoms with Gasteiger partial charge in [-0.05, 0) is 17.7 Å². The number of benzene rings is 1. The number of nitrogen functional groups attached to an aromatic ring is 1. The average Bonchev–Trinajstić information content (AvgIpc) is 2.48. The molecule has 0 fully saturated rings. The summed E-state index contributed by atoms with van der Waals surface area (Å²) in [4.78, 5) is 17.2. The third-order valence-corrected chi connectivity index (χ3v) is 3.06. The first-order chi connectivity index (χ1) is 10.1. The number of anilines is 2. The van der Waals surface area contributed by atoms with Crippen LogP contribution in [0.1, 0.15) is 5.56 Å². The Bertz CT molecular complexity index is 631. The molecule has 21 heavy (non-hydrogen) atoms. The van der Waals surface area contributed by atoms with Crippen molar-refractivity contribution in [3.05, 3.63) is 48.2 Å². The van der Waals surface area contributed by atoms with Crippen molar-refractivity contribution in [1.82, 2.24) is 4.98 Å². The van der Waals surface area contributed by atoms with Crippen molar-refractivity contribution in [2.24, 2.45) is 5.73 Å². The van der Waals surface area contributed by atoms with E-state index in [0.29, 0.717) is 18.1 Å². The van der Waals surface area contributed by atoms with E-state index in [0.717, 1.165) is 11.3 Å². The van der Waals surface area contributed by atoms with E-state index in [2.05, 4.69) is 4.98 Å². The second kappa shape index (κ2) is 6.60. The minimum absolute atomic E-state index is 0.0848. The predicted molar refractivity (Wildman–Crippen MR) is 81.9 cm³/mol. The number of ether oxygens (including phenoxy) is 1. The van der Waals surface area contributed by atoms with Crippen LogP contribution in [0.4, 0.5) is 11.4 Å². The Morgan fingerprint density at radius 2 is 2.10 bits per heavy atom. The quantitative estimate of drug-likeness (QED) is 0.777. The van der Waals surface area contributed by atoms with Crippen LogP contribution in [-0.4, -0.2) is 24.5 Å². The van der Waals surface area contributed by atoms with Crippen LogP contribution < -0.4 is 21.1 Å². The van der Waals surface area contributed by atoms with E-state index >= 15 is 0 Å². The minimum Gasteiger partial charge on any atom is -0.481 e. The summed E-state index contributed by atoms with van der Waals surface area (Å²) in [5.41, 5.74) is 13.7. The summed E-state index contributed by atoms with van der Waals surface area (Å²) in [6.45, 7) is 0.560. The number of nitrogens with zero attached hydrogens (tertiary/aromatic N) is 2. The maximum Gasteiger partial charge on any atom is 0.236 e. The Labute approximate surface area is 123 Å². The Balaban J connectivity index is 2.29. The molecule has 0 aliphatic heterocycles. The molecule has 4 N–H and O–H groups in total. The highest BCUT2D eigenvalue weighted by molar-refractivity contribution is 5.79. The average molecular weight is 286 g/mol. The van der Waals surface area contributed by atoms with Gasteiger partial charge in [-0.15, -0.1) is 0 Å². The second-order valence-electron chi connectivity index (χ2n) is 4.58. The van der Waals surface area contributed by atoms with E-state index in [1.54, 1.807) is 25.4 Å². The van der Waals surface area contributed by atoms with Gasteiger partial charge in [0.2, 0.25) is 11.8 Å².